The molecular weight excluding hydrogens is 550 g/mol. The van der Waals surface area contributed by atoms with Crippen LogP contribution in [0.2, 0.25) is 0 Å². The minimum atomic E-state index is -3.64. The molecule has 2 N–H and O–H groups in total. The molecule has 0 saturated carbocycles. The number of aromatic nitrogens is 2. The summed E-state index contributed by atoms with van der Waals surface area (Å²) in [6.45, 7) is -0.958. The number of thiophene rings is 1. The van der Waals surface area contributed by atoms with Crippen LogP contribution in [-0.2, 0) is 34.5 Å². The highest BCUT2D eigenvalue weighted by atomic mass is 32.2. The van der Waals surface area contributed by atoms with Gasteiger partial charge in [-0.1, -0.05) is 18.2 Å². The molecule has 13 heteroatoms. The van der Waals surface area contributed by atoms with Gasteiger partial charge < -0.3 is 9.84 Å². The molecule has 0 spiro atoms. The second-order valence-corrected chi connectivity index (χ2v) is 12.1. The normalized spacial score (nSPS) is 11.7. The number of ether oxygens (including phenoxy) is 1. The zero-order valence-corrected chi connectivity index (χ0v) is 23.2. The smallest absolute Gasteiger partial charge is 0.332 e. The number of carbonyl (C=O) groups is 1. The molecule has 0 aliphatic carbocycles. The van der Waals surface area contributed by atoms with E-state index in [0.717, 1.165) is 16.7 Å². The highest BCUT2D eigenvalue weighted by molar-refractivity contribution is 7.98. The average molecular weight is 576 g/mol. The summed E-state index contributed by atoms with van der Waals surface area (Å²) in [6.07, 6.45) is 2.91. The van der Waals surface area contributed by atoms with Crippen LogP contribution < -0.4 is 20.7 Å². The van der Waals surface area contributed by atoms with E-state index in [1.165, 1.54) is 34.8 Å². The predicted molar refractivity (Wildman–Crippen MR) is 149 cm³/mol. The van der Waals surface area contributed by atoms with Gasteiger partial charge in [0.15, 0.2) is 0 Å². The van der Waals surface area contributed by atoms with Gasteiger partial charge in [0.25, 0.3) is 5.56 Å². The summed E-state index contributed by atoms with van der Waals surface area (Å²) >= 11 is 2.68. The third-order valence-electron chi connectivity index (χ3n) is 5.83. The first-order chi connectivity index (χ1) is 18.0. The highest BCUT2D eigenvalue weighted by Crippen LogP contribution is 2.38. The summed E-state index contributed by atoms with van der Waals surface area (Å²) in [5.41, 5.74) is 0.315. The quantitative estimate of drug-likeness (QED) is 0.276. The van der Waals surface area contributed by atoms with E-state index in [2.05, 4.69) is 4.72 Å². The van der Waals surface area contributed by atoms with Crippen molar-refractivity contribution in [3.8, 4) is 16.2 Å². The number of nitrogens with zero attached hydrogens (tertiary/aromatic N) is 2. The van der Waals surface area contributed by atoms with Gasteiger partial charge in [0.05, 0.1) is 25.3 Å². The summed E-state index contributed by atoms with van der Waals surface area (Å²) < 4.78 is 33.7. The van der Waals surface area contributed by atoms with Gasteiger partial charge in [-0.25, -0.2) is 22.5 Å². The Bertz CT molecular complexity index is 1740. The van der Waals surface area contributed by atoms with E-state index in [-0.39, 0.29) is 18.5 Å². The Morgan fingerprint density at radius 3 is 2.39 bits per heavy atom. The highest BCUT2D eigenvalue weighted by Gasteiger charge is 2.25. The number of methoxy groups -OCH3 is 1. The zero-order chi connectivity index (χ0) is 27.6. The molecule has 0 unspecified atom stereocenters. The van der Waals surface area contributed by atoms with Crippen molar-refractivity contribution < 1.29 is 23.1 Å². The van der Waals surface area contributed by atoms with E-state index in [9.17, 15) is 27.9 Å². The van der Waals surface area contributed by atoms with Crippen molar-refractivity contribution in [3.63, 3.8) is 0 Å². The molecule has 0 bridgehead atoms. The van der Waals surface area contributed by atoms with E-state index in [0.29, 0.717) is 31.2 Å². The van der Waals surface area contributed by atoms with E-state index in [4.69, 9.17) is 4.74 Å². The topological polar surface area (TPSA) is 137 Å². The number of sulfonamides is 1. The fourth-order valence-electron chi connectivity index (χ4n) is 4.08. The standard InChI is InChI=1S/C25H25N3O7S3/c1-35-17-10-8-15(9-11-17)22-18(12-26-38(3,33)34)21-23(31)27(14-20(29)30)25(32)28(24(21)37-22)13-16-6-4-5-7-19(16)36-2/h4-11,26H,12-14H2,1-3H3,(H,29,30). The summed E-state index contributed by atoms with van der Waals surface area (Å²) in [6, 6.07) is 14.5. The van der Waals surface area contributed by atoms with Crippen LogP contribution in [-0.4, -0.2) is 48.2 Å². The van der Waals surface area contributed by atoms with E-state index < -0.39 is 33.8 Å². The lowest BCUT2D eigenvalue weighted by atomic mass is 10.1. The van der Waals surface area contributed by atoms with Crippen molar-refractivity contribution in [1.82, 2.24) is 13.9 Å². The number of rotatable bonds is 10. The lowest BCUT2D eigenvalue weighted by Crippen LogP contribution is -2.41. The number of aliphatic carboxylic acids is 1. The second-order valence-electron chi connectivity index (χ2n) is 8.38. The molecule has 10 nitrogen and oxygen atoms in total. The first-order valence-corrected chi connectivity index (χ1v) is 15.2. The van der Waals surface area contributed by atoms with Crippen molar-refractivity contribution in [2.45, 2.75) is 24.5 Å². The van der Waals surface area contributed by atoms with E-state index in [1.54, 1.807) is 24.3 Å². The third-order valence-corrected chi connectivity index (χ3v) is 8.64. The first-order valence-electron chi connectivity index (χ1n) is 11.3. The molecule has 38 heavy (non-hydrogen) atoms. The molecule has 2 heterocycles. The van der Waals surface area contributed by atoms with Gasteiger partial charge in [0.1, 0.15) is 17.1 Å². The number of benzene rings is 2. The molecule has 2 aromatic carbocycles. The minimum Gasteiger partial charge on any atom is -0.497 e. The van der Waals surface area contributed by atoms with Gasteiger partial charge in [-0.15, -0.1) is 23.1 Å². The Morgan fingerprint density at radius 1 is 1.11 bits per heavy atom. The SMILES string of the molecule is COc1ccc(-c2sc3c(c2CNS(C)(=O)=O)c(=O)n(CC(=O)O)c(=O)n3Cc2ccccc2SC)cc1. The van der Waals surface area contributed by atoms with Gasteiger partial charge in [0, 0.05) is 21.9 Å². The number of hydrogen-bond acceptors (Lipinski definition) is 8. The molecule has 4 aromatic rings. The van der Waals surface area contributed by atoms with Crippen LogP contribution in [0.3, 0.4) is 0 Å². The Kier molecular flexibility index (Phi) is 8.11. The molecule has 0 fully saturated rings. The third kappa shape index (κ3) is 5.70. The van der Waals surface area contributed by atoms with Crippen molar-refractivity contribution in [1.29, 1.82) is 0 Å². The van der Waals surface area contributed by atoms with E-state index >= 15 is 0 Å². The zero-order valence-electron chi connectivity index (χ0n) is 20.8. The molecule has 0 radical (unpaired) electrons. The maximum atomic E-state index is 13.6. The Labute approximate surface area is 226 Å². The molecular formula is C25H25N3O7S3. The summed E-state index contributed by atoms with van der Waals surface area (Å²) in [5, 5.41) is 9.55. The largest absolute Gasteiger partial charge is 0.497 e. The Morgan fingerprint density at radius 2 is 1.79 bits per heavy atom. The monoisotopic (exact) mass is 575 g/mol. The summed E-state index contributed by atoms with van der Waals surface area (Å²) in [7, 11) is -2.10. The van der Waals surface area contributed by atoms with Gasteiger partial charge >= 0.3 is 11.7 Å². The molecule has 4 rings (SSSR count). The van der Waals surface area contributed by atoms with Gasteiger partial charge in [-0.05, 0) is 47.7 Å². The van der Waals surface area contributed by atoms with Crippen LogP contribution in [0.1, 0.15) is 11.1 Å². The molecule has 0 amide bonds. The minimum absolute atomic E-state index is 0.0910. The van der Waals surface area contributed by atoms with Gasteiger partial charge in [0.2, 0.25) is 10.0 Å². The van der Waals surface area contributed by atoms with Crippen LogP contribution in [0.4, 0.5) is 0 Å². The lowest BCUT2D eigenvalue weighted by molar-refractivity contribution is -0.137. The van der Waals surface area contributed by atoms with E-state index in [1.807, 2.05) is 30.5 Å². The van der Waals surface area contributed by atoms with Gasteiger partial charge in [-0.2, -0.15) is 0 Å². The van der Waals surface area contributed by atoms with Crippen LogP contribution >= 0.6 is 23.1 Å². The van der Waals surface area contributed by atoms with Crippen molar-refractivity contribution in [3.05, 3.63) is 80.5 Å². The Hall–Kier alpha value is -3.39. The Balaban J connectivity index is 2.07. The number of thioether (sulfide) groups is 1. The van der Waals surface area contributed by atoms with Crippen molar-refractivity contribution >= 4 is 49.3 Å². The molecule has 0 saturated heterocycles. The average Bonchev–Trinajstić information content (AvgIpc) is 3.27. The number of carboxylic acids is 1. The van der Waals surface area contributed by atoms with Crippen LogP contribution in [0.25, 0.3) is 20.7 Å². The molecule has 0 aliphatic rings. The number of hydrogen-bond donors (Lipinski definition) is 2. The lowest BCUT2D eigenvalue weighted by Gasteiger charge is -2.13. The number of nitrogens with one attached hydrogen (secondary N) is 1. The fraction of sp³-hybridized carbons (Fsp3) is 0.240. The van der Waals surface area contributed by atoms with Crippen molar-refractivity contribution in [2.24, 2.45) is 0 Å². The molecule has 2 aromatic heterocycles. The number of fused-ring (bicyclic) bond motifs is 1. The number of carboxylic acid groups (broad SMARTS) is 1. The molecule has 200 valence electrons. The maximum Gasteiger partial charge on any atom is 0.332 e. The summed E-state index contributed by atoms with van der Waals surface area (Å²) in [5.74, 6) is -0.735. The van der Waals surface area contributed by atoms with Crippen LogP contribution in [0.15, 0.2) is 63.0 Å². The fourth-order valence-corrected chi connectivity index (χ4v) is 6.41. The predicted octanol–water partition coefficient (Wildman–Crippen LogP) is 2.80. The molecule has 0 aliphatic heterocycles. The maximum absolute atomic E-state index is 13.6. The molecule has 0 atom stereocenters. The van der Waals surface area contributed by atoms with Crippen LogP contribution in [0.5, 0.6) is 5.75 Å². The first kappa shape index (κ1) is 27.6. The van der Waals surface area contributed by atoms with Gasteiger partial charge in [-0.3, -0.25) is 14.2 Å². The summed E-state index contributed by atoms with van der Waals surface area (Å²) in [4.78, 5) is 40.6. The second kappa shape index (κ2) is 11.2. The van der Waals surface area contributed by atoms with Crippen LogP contribution in [0, 0.1) is 0 Å². The van der Waals surface area contributed by atoms with Crippen molar-refractivity contribution in [2.75, 3.05) is 19.6 Å².